The van der Waals surface area contributed by atoms with E-state index in [0.29, 0.717) is 17.9 Å². The minimum absolute atomic E-state index is 0.0676. The van der Waals surface area contributed by atoms with Crippen LogP contribution in [-0.4, -0.2) is 43.0 Å². The first-order chi connectivity index (χ1) is 16.0. The molecule has 0 N–H and O–H groups in total. The summed E-state index contributed by atoms with van der Waals surface area (Å²) >= 11 is 1.57. The van der Waals surface area contributed by atoms with E-state index >= 15 is 0 Å². The Bertz CT molecular complexity index is 1220. The number of carbonyl (C=O) groups is 1. The summed E-state index contributed by atoms with van der Waals surface area (Å²) in [6.07, 6.45) is 1.83. The van der Waals surface area contributed by atoms with Crippen LogP contribution < -0.4 is 9.64 Å². The van der Waals surface area contributed by atoms with Crippen molar-refractivity contribution in [3.05, 3.63) is 83.9 Å². The van der Waals surface area contributed by atoms with Gasteiger partial charge in [0, 0.05) is 12.1 Å². The van der Waals surface area contributed by atoms with E-state index < -0.39 is 0 Å². The minimum atomic E-state index is -0.0676. The van der Waals surface area contributed by atoms with Gasteiger partial charge in [-0.05, 0) is 81.5 Å². The highest BCUT2D eigenvalue weighted by Gasteiger charge is 2.22. The van der Waals surface area contributed by atoms with Crippen LogP contribution in [0.15, 0.2) is 72.8 Å². The highest BCUT2D eigenvalue weighted by Crippen LogP contribution is 2.31. The average Bonchev–Trinajstić information content (AvgIpc) is 3.25. The Morgan fingerprint density at radius 2 is 1.73 bits per heavy atom. The molecule has 170 valence electrons. The number of ether oxygens (including phenoxy) is 1. The fraction of sp³-hybridized carbons (Fsp3) is 0.259. The van der Waals surface area contributed by atoms with Gasteiger partial charge >= 0.3 is 0 Å². The van der Waals surface area contributed by atoms with Gasteiger partial charge in [0.2, 0.25) is 0 Å². The molecule has 0 unspecified atom stereocenters. The molecule has 1 heterocycles. The Balaban J connectivity index is 1.63. The molecule has 0 fully saturated rings. The van der Waals surface area contributed by atoms with Crippen molar-refractivity contribution in [1.29, 1.82) is 0 Å². The van der Waals surface area contributed by atoms with Crippen LogP contribution in [0.1, 0.15) is 29.3 Å². The lowest BCUT2D eigenvalue weighted by Crippen LogP contribution is -2.33. The van der Waals surface area contributed by atoms with Crippen LogP contribution in [0, 0.1) is 0 Å². The number of hydrogen-bond donors (Lipinski definition) is 0. The van der Waals surface area contributed by atoms with Crippen LogP contribution in [-0.2, 0) is 6.42 Å². The molecular formula is C27H29N3O2S. The van der Waals surface area contributed by atoms with Gasteiger partial charge in [-0.1, -0.05) is 48.6 Å². The van der Waals surface area contributed by atoms with Crippen LogP contribution >= 0.6 is 11.3 Å². The molecule has 0 saturated heterocycles. The topological polar surface area (TPSA) is 45.7 Å². The summed E-state index contributed by atoms with van der Waals surface area (Å²) in [5.41, 5.74) is 2.79. The number of fused-ring (bicyclic) bond motifs is 1. The summed E-state index contributed by atoms with van der Waals surface area (Å²) < 4.78 is 7.06. The van der Waals surface area contributed by atoms with Crippen molar-refractivity contribution in [2.45, 2.75) is 19.8 Å². The number of para-hydroxylation sites is 1. The molecule has 0 aliphatic carbocycles. The molecule has 0 saturated carbocycles. The summed E-state index contributed by atoms with van der Waals surface area (Å²) in [7, 11) is 4.08. The number of nitrogens with zero attached hydrogens (tertiary/aromatic N) is 3. The number of aryl methyl sites for hydroxylation is 1. The lowest BCUT2D eigenvalue weighted by atomic mass is 10.2. The second-order valence-corrected chi connectivity index (χ2v) is 9.22. The highest BCUT2D eigenvalue weighted by molar-refractivity contribution is 7.22. The number of benzene rings is 3. The Kier molecular flexibility index (Phi) is 7.37. The summed E-state index contributed by atoms with van der Waals surface area (Å²) in [4.78, 5) is 22.4. The first-order valence-corrected chi connectivity index (χ1v) is 12.0. The van der Waals surface area contributed by atoms with Gasteiger partial charge in [-0.3, -0.25) is 9.69 Å². The molecule has 0 atom stereocenters. The smallest absolute Gasteiger partial charge is 0.260 e. The van der Waals surface area contributed by atoms with Crippen LogP contribution in [0.4, 0.5) is 5.13 Å². The SMILES string of the molecule is CCc1ccc2nc(N(CCCN(C)C)C(=O)c3cccc(Oc4ccccc4)c3)sc2c1. The van der Waals surface area contributed by atoms with Gasteiger partial charge < -0.3 is 9.64 Å². The molecule has 33 heavy (non-hydrogen) atoms. The number of rotatable bonds is 9. The maximum absolute atomic E-state index is 13.6. The summed E-state index contributed by atoms with van der Waals surface area (Å²) in [6.45, 7) is 3.64. The Morgan fingerprint density at radius 3 is 2.48 bits per heavy atom. The van der Waals surface area contributed by atoms with Gasteiger partial charge in [0.1, 0.15) is 11.5 Å². The van der Waals surface area contributed by atoms with E-state index in [2.05, 4.69) is 24.0 Å². The molecule has 4 aromatic rings. The van der Waals surface area contributed by atoms with Gasteiger partial charge in [0.05, 0.1) is 10.2 Å². The first-order valence-electron chi connectivity index (χ1n) is 11.2. The zero-order valence-electron chi connectivity index (χ0n) is 19.3. The molecule has 0 aliphatic heterocycles. The van der Waals surface area contributed by atoms with Crippen LogP contribution in [0.25, 0.3) is 10.2 Å². The Morgan fingerprint density at radius 1 is 0.939 bits per heavy atom. The third-order valence-corrected chi connectivity index (χ3v) is 6.41. The van der Waals surface area contributed by atoms with Crippen molar-refractivity contribution in [2.24, 2.45) is 0 Å². The van der Waals surface area contributed by atoms with Crippen molar-refractivity contribution in [2.75, 3.05) is 32.1 Å². The highest BCUT2D eigenvalue weighted by atomic mass is 32.1. The number of aromatic nitrogens is 1. The largest absolute Gasteiger partial charge is 0.457 e. The lowest BCUT2D eigenvalue weighted by molar-refractivity contribution is 0.0985. The third kappa shape index (κ3) is 5.78. The van der Waals surface area contributed by atoms with E-state index in [0.717, 1.165) is 40.5 Å². The molecule has 1 aromatic heterocycles. The van der Waals surface area contributed by atoms with E-state index in [1.165, 1.54) is 5.56 Å². The summed E-state index contributed by atoms with van der Waals surface area (Å²) in [5, 5.41) is 0.733. The predicted molar refractivity (Wildman–Crippen MR) is 137 cm³/mol. The summed E-state index contributed by atoms with van der Waals surface area (Å²) in [6, 6.07) is 23.3. The van der Waals surface area contributed by atoms with Crippen molar-refractivity contribution in [1.82, 2.24) is 9.88 Å². The van der Waals surface area contributed by atoms with E-state index in [1.54, 1.807) is 22.3 Å². The second-order valence-electron chi connectivity index (χ2n) is 8.21. The van der Waals surface area contributed by atoms with E-state index in [1.807, 2.05) is 68.7 Å². The third-order valence-electron chi connectivity index (χ3n) is 5.37. The van der Waals surface area contributed by atoms with Crippen LogP contribution in [0.5, 0.6) is 11.5 Å². The van der Waals surface area contributed by atoms with Gasteiger partial charge in [-0.15, -0.1) is 0 Å². The van der Waals surface area contributed by atoms with E-state index in [9.17, 15) is 4.79 Å². The number of hydrogen-bond acceptors (Lipinski definition) is 5. The molecular weight excluding hydrogens is 430 g/mol. The number of carbonyl (C=O) groups excluding carboxylic acids is 1. The van der Waals surface area contributed by atoms with Crippen LogP contribution in [0.3, 0.4) is 0 Å². The standard InChI is InChI=1S/C27H29N3O2S/c1-4-20-14-15-24-25(18-20)33-27(28-24)30(17-9-16-29(2)3)26(31)21-10-8-13-23(19-21)32-22-11-6-5-7-12-22/h5-8,10-15,18-19H,4,9,16-17H2,1-3H3. The van der Waals surface area contributed by atoms with Gasteiger partial charge in [-0.2, -0.15) is 0 Å². The molecule has 5 nitrogen and oxygen atoms in total. The zero-order chi connectivity index (χ0) is 23.2. The van der Waals surface area contributed by atoms with Crippen molar-refractivity contribution in [3.63, 3.8) is 0 Å². The lowest BCUT2D eigenvalue weighted by Gasteiger charge is -2.21. The maximum Gasteiger partial charge on any atom is 0.260 e. The van der Waals surface area contributed by atoms with E-state index in [-0.39, 0.29) is 5.91 Å². The first kappa shape index (κ1) is 23.0. The van der Waals surface area contributed by atoms with Crippen molar-refractivity contribution >= 4 is 32.6 Å². The van der Waals surface area contributed by atoms with Gasteiger partial charge in [0.25, 0.3) is 5.91 Å². The molecule has 0 spiro atoms. The molecule has 1 amide bonds. The number of amides is 1. The minimum Gasteiger partial charge on any atom is -0.457 e. The monoisotopic (exact) mass is 459 g/mol. The molecule has 0 bridgehead atoms. The normalized spacial score (nSPS) is 11.2. The Hall–Kier alpha value is -3.22. The molecule has 4 rings (SSSR count). The molecule has 6 heteroatoms. The van der Waals surface area contributed by atoms with Gasteiger partial charge in [0.15, 0.2) is 5.13 Å². The molecule has 3 aromatic carbocycles. The summed E-state index contributed by atoms with van der Waals surface area (Å²) in [5.74, 6) is 1.31. The fourth-order valence-corrected chi connectivity index (χ4v) is 4.65. The van der Waals surface area contributed by atoms with Crippen molar-refractivity contribution < 1.29 is 9.53 Å². The number of thiazole rings is 1. The maximum atomic E-state index is 13.6. The fourth-order valence-electron chi connectivity index (χ4n) is 3.59. The van der Waals surface area contributed by atoms with E-state index in [4.69, 9.17) is 9.72 Å². The molecule has 0 radical (unpaired) electrons. The van der Waals surface area contributed by atoms with Crippen molar-refractivity contribution in [3.8, 4) is 11.5 Å². The second kappa shape index (κ2) is 10.6. The predicted octanol–water partition coefficient (Wildman–Crippen LogP) is 6.25. The quantitative estimate of drug-likeness (QED) is 0.297. The molecule has 0 aliphatic rings. The number of anilines is 1. The Labute approximate surface area is 199 Å². The zero-order valence-corrected chi connectivity index (χ0v) is 20.1. The van der Waals surface area contributed by atoms with Crippen LogP contribution in [0.2, 0.25) is 0 Å². The average molecular weight is 460 g/mol. The van der Waals surface area contributed by atoms with Gasteiger partial charge in [-0.25, -0.2) is 4.98 Å².